The molecule has 0 aromatic heterocycles. The smallest absolute Gasteiger partial charge is 0.265 e. The van der Waals surface area contributed by atoms with Gasteiger partial charge in [0.25, 0.3) is 11.8 Å². The third-order valence-electron chi connectivity index (χ3n) is 6.69. The summed E-state index contributed by atoms with van der Waals surface area (Å²) in [5, 5.41) is 0. The summed E-state index contributed by atoms with van der Waals surface area (Å²) in [5.74, 6) is -0.291. The minimum Gasteiger partial charge on any atom is -0.274 e. The molecule has 4 heteroatoms. The molecule has 0 saturated heterocycles. The number of aryl methyl sites for hydroxylation is 2. The quantitative estimate of drug-likeness (QED) is 0.342. The molecule has 6 rings (SSSR count). The molecule has 2 heterocycles. The van der Waals surface area contributed by atoms with Gasteiger partial charge in [-0.15, -0.1) is 0 Å². The molecule has 0 radical (unpaired) electrons. The van der Waals surface area contributed by atoms with Crippen LogP contribution in [0.25, 0.3) is 11.1 Å². The van der Waals surface area contributed by atoms with E-state index in [0.717, 1.165) is 33.6 Å². The lowest BCUT2D eigenvalue weighted by molar-refractivity contribution is -0.112. The van der Waals surface area contributed by atoms with Crippen molar-refractivity contribution in [1.29, 1.82) is 0 Å². The van der Waals surface area contributed by atoms with Crippen molar-refractivity contribution in [2.75, 3.05) is 9.80 Å². The van der Waals surface area contributed by atoms with E-state index in [4.69, 9.17) is 0 Å². The van der Waals surface area contributed by atoms with E-state index in [1.165, 1.54) is 0 Å². The van der Waals surface area contributed by atoms with Crippen LogP contribution in [0.3, 0.4) is 0 Å². The van der Waals surface area contributed by atoms with Crippen LogP contribution in [-0.2, 0) is 9.59 Å². The summed E-state index contributed by atoms with van der Waals surface area (Å²) < 4.78 is 0. The maximum atomic E-state index is 14.2. The first-order valence-corrected chi connectivity index (χ1v) is 12.0. The van der Waals surface area contributed by atoms with Crippen LogP contribution >= 0.6 is 0 Å². The second kappa shape index (κ2) is 8.51. The van der Waals surface area contributed by atoms with Crippen LogP contribution in [0.2, 0.25) is 0 Å². The van der Waals surface area contributed by atoms with Gasteiger partial charge in [-0.1, -0.05) is 96.1 Å². The zero-order valence-corrected chi connectivity index (χ0v) is 20.1. The van der Waals surface area contributed by atoms with Crippen LogP contribution in [0.1, 0.15) is 22.3 Å². The van der Waals surface area contributed by atoms with Gasteiger partial charge in [0.15, 0.2) is 0 Å². The monoisotopic (exact) mass is 468 g/mol. The molecule has 36 heavy (non-hydrogen) atoms. The summed E-state index contributed by atoms with van der Waals surface area (Å²) in [6, 6.07) is 34.9. The molecule has 2 aliphatic heterocycles. The SMILES string of the molecule is Cc1ccc(N2C(=O)C(c3ccccc3)=C3C2=C(c2ccccc2)C(=O)N3c2ccc(C)cc2)cc1. The molecule has 2 amide bonds. The number of carbonyl (C=O) groups is 2. The van der Waals surface area contributed by atoms with Crippen molar-refractivity contribution >= 4 is 34.3 Å². The van der Waals surface area contributed by atoms with E-state index in [9.17, 15) is 9.59 Å². The van der Waals surface area contributed by atoms with E-state index in [0.29, 0.717) is 22.5 Å². The molecular formula is C32H24N2O2. The Kier molecular flexibility index (Phi) is 5.15. The molecule has 0 bridgehead atoms. The molecule has 4 aromatic carbocycles. The van der Waals surface area contributed by atoms with E-state index in [1.807, 2.05) is 123 Å². The van der Waals surface area contributed by atoms with Gasteiger partial charge >= 0.3 is 0 Å². The number of nitrogens with zero attached hydrogens (tertiary/aromatic N) is 2. The first-order chi connectivity index (χ1) is 17.5. The van der Waals surface area contributed by atoms with Gasteiger partial charge in [-0.3, -0.25) is 19.4 Å². The summed E-state index contributed by atoms with van der Waals surface area (Å²) >= 11 is 0. The maximum absolute atomic E-state index is 14.2. The lowest BCUT2D eigenvalue weighted by Gasteiger charge is -2.20. The highest BCUT2D eigenvalue weighted by Gasteiger charge is 2.49. The second-order valence-electron chi connectivity index (χ2n) is 9.13. The Morgan fingerprint density at radius 2 is 0.778 bits per heavy atom. The van der Waals surface area contributed by atoms with Crippen LogP contribution in [0, 0.1) is 13.8 Å². The van der Waals surface area contributed by atoms with Crippen LogP contribution in [0.5, 0.6) is 0 Å². The Labute approximate surface area is 210 Å². The van der Waals surface area contributed by atoms with Crippen LogP contribution < -0.4 is 9.80 Å². The Bertz CT molecular complexity index is 1430. The largest absolute Gasteiger partial charge is 0.274 e. The highest BCUT2D eigenvalue weighted by Crippen LogP contribution is 2.49. The summed E-state index contributed by atoms with van der Waals surface area (Å²) in [6.07, 6.45) is 0. The zero-order valence-electron chi connectivity index (χ0n) is 20.1. The molecule has 4 aromatic rings. The third kappa shape index (κ3) is 3.38. The summed E-state index contributed by atoms with van der Waals surface area (Å²) in [5.41, 5.74) is 7.52. The molecule has 0 atom stereocenters. The molecule has 0 saturated carbocycles. The average molecular weight is 469 g/mol. The highest BCUT2D eigenvalue weighted by atomic mass is 16.2. The van der Waals surface area contributed by atoms with Crippen molar-refractivity contribution < 1.29 is 9.59 Å². The molecule has 0 unspecified atom stereocenters. The van der Waals surface area contributed by atoms with Crippen molar-refractivity contribution in [1.82, 2.24) is 0 Å². The molecule has 2 aliphatic rings. The first kappa shape index (κ1) is 21.8. The van der Waals surface area contributed by atoms with Gasteiger partial charge in [-0.2, -0.15) is 0 Å². The fourth-order valence-corrected chi connectivity index (χ4v) is 4.91. The number of benzene rings is 4. The van der Waals surface area contributed by atoms with E-state index < -0.39 is 0 Å². The number of hydrogen-bond acceptors (Lipinski definition) is 2. The molecule has 0 N–H and O–H groups in total. The Balaban J connectivity index is 1.68. The fourth-order valence-electron chi connectivity index (χ4n) is 4.91. The van der Waals surface area contributed by atoms with Gasteiger partial charge in [0.2, 0.25) is 0 Å². The maximum Gasteiger partial charge on any atom is 0.265 e. The fraction of sp³-hybridized carbons (Fsp3) is 0.0625. The minimum atomic E-state index is -0.145. The van der Waals surface area contributed by atoms with Crippen LogP contribution in [0.15, 0.2) is 121 Å². The van der Waals surface area contributed by atoms with Crippen molar-refractivity contribution in [3.05, 3.63) is 143 Å². The third-order valence-corrected chi connectivity index (χ3v) is 6.69. The normalized spacial score (nSPS) is 15.3. The second-order valence-corrected chi connectivity index (χ2v) is 9.13. The number of rotatable bonds is 4. The summed E-state index contributed by atoms with van der Waals surface area (Å²) in [7, 11) is 0. The highest BCUT2D eigenvalue weighted by molar-refractivity contribution is 6.43. The Morgan fingerprint density at radius 3 is 1.11 bits per heavy atom. The van der Waals surface area contributed by atoms with E-state index in [-0.39, 0.29) is 11.8 Å². The predicted molar refractivity (Wildman–Crippen MR) is 144 cm³/mol. The van der Waals surface area contributed by atoms with E-state index in [2.05, 4.69) is 0 Å². The number of carbonyl (C=O) groups excluding carboxylic acids is 2. The molecule has 4 nitrogen and oxygen atoms in total. The standard InChI is InChI=1S/C32H24N2O2/c1-21-13-17-25(18-14-21)33-29-27(23-9-5-3-6-10-23)32(36)34(26-19-15-22(2)16-20-26)30(29)28(31(33)35)24-11-7-4-8-12-24/h3-20H,1-2H3. The van der Waals surface area contributed by atoms with Crippen molar-refractivity contribution in [2.24, 2.45) is 0 Å². The van der Waals surface area contributed by atoms with Crippen molar-refractivity contribution in [3.63, 3.8) is 0 Å². The van der Waals surface area contributed by atoms with Crippen LogP contribution in [-0.4, -0.2) is 11.8 Å². The van der Waals surface area contributed by atoms with Gasteiger partial charge in [0.05, 0.1) is 22.5 Å². The van der Waals surface area contributed by atoms with Gasteiger partial charge in [-0.25, -0.2) is 0 Å². The molecule has 0 aliphatic carbocycles. The van der Waals surface area contributed by atoms with Crippen molar-refractivity contribution in [3.8, 4) is 0 Å². The Hall–Kier alpha value is -4.70. The van der Waals surface area contributed by atoms with Crippen LogP contribution in [0.4, 0.5) is 11.4 Å². The summed E-state index contributed by atoms with van der Waals surface area (Å²) in [6.45, 7) is 4.03. The topological polar surface area (TPSA) is 40.6 Å². The number of amides is 2. The summed E-state index contributed by atoms with van der Waals surface area (Å²) in [4.78, 5) is 31.8. The molecule has 0 spiro atoms. The van der Waals surface area contributed by atoms with Gasteiger partial charge < -0.3 is 0 Å². The number of fused-ring (bicyclic) bond motifs is 1. The minimum absolute atomic E-state index is 0.145. The van der Waals surface area contributed by atoms with Crippen molar-refractivity contribution in [2.45, 2.75) is 13.8 Å². The molecule has 174 valence electrons. The lowest BCUT2D eigenvalue weighted by Crippen LogP contribution is -2.27. The van der Waals surface area contributed by atoms with E-state index >= 15 is 0 Å². The first-order valence-electron chi connectivity index (χ1n) is 12.0. The zero-order chi connectivity index (χ0) is 24.8. The van der Waals surface area contributed by atoms with Gasteiger partial charge in [0.1, 0.15) is 0 Å². The predicted octanol–water partition coefficient (Wildman–Crippen LogP) is 6.52. The van der Waals surface area contributed by atoms with Gasteiger partial charge in [0, 0.05) is 11.4 Å². The Morgan fingerprint density at radius 1 is 0.444 bits per heavy atom. The lowest BCUT2D eigenvalue weighted by atomic mass is 10.0. The average Bonchev–Trinajstić information content (AvgIpc) is 3.35. The number of hydrogen-bond donors (Lipinski definition) is 0. The molecular weight excluding hydrogens is 444 g/mol. The van der Waals surface area contributed by atoms with Gasteiger partial charge in [-0.05, 0) is 49.2 Å². The number of anilines is 2. The van der Waals surface area contributed by atoms with E-state index in [1.54, 1.807) is 9.80 Å². The molecule has 0 fully saturated rings.